The highest BCUT2D eigenvalue weighted by Crippen LogP contribution is 2.74. The number of allylic oxidation sites excluding steroid dienone is 4. The molecule has 0 heterocycles. The van der Waals surface area contributed by atoms with Gasteiger partial charge >= 0.3 is 17.9 Å². The number of carbonyl (C=O) groups excluding carboxylic acids is 2. The van der Waals surface area contributed by atoms with Crippen molar-refractivity contribution in [3.05, 3.63) is 94.1 Å². The Morgan fingerprint density at radius 3 is 1.98 bits per heavy atom. The molecular weight excluding hydrogens is 679 g/mol. The molecule has 54 heavy (non-hydrogen) atoms. The van der Waals surface area contributed by atoms with Crippen molar-refractivity contribution < 1.29 is 34.1 Å². The summed E-state index contributed by atoms with van der Waals surface area (Å²) in [6, 6.07) is 12.7. The van der Waals surface area contributed by atoms with E-state index < -0.39 is 17.9 Å². The van der Waals surface area contributed by atoms with Crippen molar-refractivity contribution in [1.82, 2.24) is 5.32 Å². The molecule has 0 bridgehead atoms. The van der Waals surface area contributed by atoms with Gasteiger partial charge in [0.1, 0.15) is 6.10 Å². The smallest absolute Gasteiger partial charge is 0.339 e. The van der Waals surface area contributed by atoms with E-state index in [-0.39, 0.29) is 66.8 Å². The summed E-state index contributed by atoms with van der Waals surface area (Å²) in [5, 5.41) is 22.5. The molecule has 3 N–H and O–H groups in total. The highest BCUT2D eigenvalue weighted by atomic mass is 16.5. The standard InChI is InChI=1S/C46H57NO7/c1-41(2)34-18-21-46(7)35(44(34,5)20-19-36(41)54-40(53)31-15-11-10-14-30(31)39(51)52)17-16-32-33-26-42(3,22-23-43(33,4)24-25-45(32,46)6)27-47-37(48)28-12-8-9-13-29(28)38(49)50/h8-17,34-36H,18-27H2,1-7H3,(H,47,48)(H,49,50)(H,51,52)/t34?,35?,36?,42-,43?,44?,45+,46?/m0/s1. The molecule has 3 fully saturated rings. The fourth-order valence-corrected chi connectivity index (χ4v) is 12.4. The molecule has 8 atom stereocenters. The van der Waals surface area contributed by atoms with Gasteiger partial charge in [0.05, 0.1) is 22.3 Å². The number of amides is 1. The lowest BCUT2D eigenvalue weighted by atomic mass is 9.35. The molecule has 7 rings (SSSR count). The minimum absolute atomic E-state index is 0.00750. The quantitative estimate of drug-likeness (QED) is 0.242. The van der Waals surface area contributed by atoms with E-state index in [9.17, 15) is 29.4 Å². The van der Waals surface area contributed by atoms with Gasteiger partial charge in [-0.05, 0) is 127 Å². The van der Waals surface area contributed by atoms with E-state index in [1.807, 2.05) is 0 Å². The lowest BCUT2D eigenvalue weighted by Gasteiger charge is -2.69. The molecular formula is C46H57NO7. The summed E-state index contributed by atoms with van der Waals surface area (Å²) >= 11 is 0. The molecule has 1 amide bonds. The lowest BCUT2D eigenvalue weighted by molar-refractivity contribution is -0.183. The third-order valence-corrected chi connectivity index (χ3v) is 15.9. The Hall–Kier alpha value is -4.20. The zero-order chi connectivity index (χ0) is 39.1. The van der Waals surface area contributed by atoms with Gasteiger partial charge in [-0.25, -0.2) is 14.4 Å². The summed E-state index contributed by atoms with van der Waals surface area (Å²) in [5.74, 6) is -2.49. The normalized spacial score (nSPS) is 36.5. The van der Waals surface area contributed by atoms with Crippen molar-refractivity contribution in [3.63, 3.8) is 0 Å². The number of carbonyl (C=O) groups is 4. The van der Waals surface area contributed by atoms with Crippen molar-refractivity contribution in [1.29, 1.82) is 0 Å². The molecule has 0 saturated heterocycles. The van der Waals surface area contributed by atoms with Crippen LogP contribution in [-0.2, 0) is 4.74 Å². The van der Waals surface area contributed by atoms with Crippen molar-refractivity contribution >= 4 is 23.8 Å². The van der Waals surface area contributed by atoms with E-state index in [1.54, 1.807) is 36.4 Å². The van der Waals surface area contributed by atoms with Crippen LogP contribution in [0.1, 0.15) is 148 Å². The van der Waals surface area contributed by atoms with Gasteiger partial charge in [0.2, 0.25) is 0 Å². The van der Waals surface area contributed by atoms with Crippen molar-refractivity contribution in [2.75, 3.05) is 6.54 Å². The molecule has 5 aliphatic carbocycles. The minimum Gasteiger partial charge on any atom is -0.478 e. The van der Waals surface area contributed by atoms with Crippen LogP contribution in [0, 0.1) is 44.3 Å². The number of hydrogen-bond acceptors (Lipinski definition) is 5. The number of aromatic carboxylic acids is 2. The molecule has 6 unspecified atom stereocenters. The van der Waals surface area contributed by atoms with Crippen LogP contribution in [0.4, 0.5) is 0 Å². The van der Waals surface area contributed by atoms with E-state index >= 15 is 0 Å². The highest BCUT2D eigenvalue weighted by Gasteiger charge is 2.67. The molecule has 2 aromatic carbocycles. The van der Waals surface area contributed by atoms with Crippen molar-refractivity contribution in [2.24, 2.45) is 44.3 Å². The molecule has 288 valence electrons. The van der Waals surface area contributed by atoms with E-state index in [0.717, 1.165) is 57.8 Å². The number of rotatable bonds is 7. The van der Waals surface area contributed by atoms with Gasteiger partial charge in [-0.1, -0.05) is 90.5 Å². The maximum Gasteiger partial charge on any atom is 0.339 e. The summed E-state index contributed by atoms with van der Waals surface area (Å²) in [7, 11) is 0. The van der Waals surface area contributed by atoms with E-state index in [1.165, 1.54) is 23.3 Å². The Morgan fingerprint density at radius 2 is 1.33 bits per heavy atom. The van der Waals surface area contributed by atoms with Crippen LogP contribution < -0.4 is 5.32 Å². The zero-order valence-electron chi connectivity index (χ0n) is 33.0. The summed E-state index contributed by atoms with van der Waals surface area (Å²) < 4.78 is 6.23. The van der Waals surface area contributed by atoms with Gasteiger partial charge in [-0.3, -0.25) is 4.79 Å². The largest absolute Gasteiger partial charge is 0.478 e. The number of fused-ring (bicyclic) bond motifs is 6. The predicted octanol–water partition coefficient (Wildman–Crippen LogP) is 9.76. The molecule has 8 nitrogen and oxygen atoms in total. The Labute approximate surface area is 319 Å². The van der Waals surface area contributed by atoms with Crippen molar-refractivity contribution in [2.45, 2.75) is 112 Å². The monoisotopic (exact) mass is 735 g/mol. The Kier molecular flexibility index (Phi) is 9.13. The van der Waals surface area contributed by atoms with Gasteiger partial charge in [0, 0.05) is 12.0 Å². The summed E-state index contributed by atoms with van der Waals surface area (Å²) in [5.41, 5.74) is 2.94. The van der Waals surface area contributed by atoms with Crippen LogP contribution in [-0.4, -0.2) is 46.7 Å². The second-order valence-electron chi connectivity index (χ2n) is 19.3. The van der Waals surface area contributed by atoms with Crippen LogP contribution in [0.2, 0.25) is 0 Å². The predicted molar refractivity (Wildman–Crippen MR) is 207 cm³/mol. The number of carboxylic acid groups (broad SMARTS) is 2. The Balaban J connectivity index is 1.15. The van der Waals surface area contributed by atoms with Crippen LogP contribution in [0.3, 0.4) is 0 Å². The fraction of sp³-hybridized carbons (Fsp3) is 0.565. The SMILES string of the molecule is CC12CC[C@](C)(CNC(=O)c3ccccc3C(=O)O)CC1=C1C=CC3C4(C)CCC(OC(=O)c5ccccc5C(=O)O)C(C)(C)C4CCC3(C)[C@]1(C)CC2. The minimum atomic E-state index is -1.14. The number of esters is 1. The summed E-state index contributed by atoms with van der Waals surface area (Å²) in [6.07, 6.45) is 13.6. The molecule has 0 aliphatic heterocycles. The maximum atomic E-state index is 13.5. The third-order valence-electron chi connectivity index (χ3n) is 15.9. The topological polar surface area (TPSA) is 130 Å². The molecule has 2 aromatic rings. The number of nitrogens with one attached hydrogen (secondary N) is 1. The fourth-order valence-electron chi connectivity index (χ4n) is 12.4. The van der Waals surface area contributed by atoms with E-state index in [4.69, 9.17) is 4.74 Å². The van der Waals surface area contributed by atoms with Gasteiger partial charge < -0.3 is 20.3 Å². The first kappa shape index (κ1) is 38.1. The van der Waals surface area contributed by atoms with Crippen LogP contribution in [0.15, 0.2) is 71.8 Å². The molecule has 5 aliphatic rings. The molecule has 0 radical (unpaired) electrons. The second-order valence-corrected chi connectivity index (χ2v) is 19.3. The number of ether oxygens (including phenoxy) is 1. The average Bonchev–Trinajstić information content (AvgIpc) is 3.13. The second kappa shape index (κ2) is 12.9. The molecule has 0 aromatic heterocycles. The van der Waals surface area contributed by atoms with E-state index in [2.05, 4.69) is 65.9 Å². The van der Waals surface area contributed by atoms with Crippen LogP contribution >= 0.6 is 0 Å². The number of carboxylic acids is 2. The molecule has 0 spiro atoms. The number of benzene rings is 2. The van der Waals surface area contributed by atoms with Gasteiger partial charge in [-0.15, -0.1) is 0 Å². The first-order valence-corrected chi connectivity index (χ1v) is 19.9. The van der Waals surface area contributed by atoms with Crippen molar-refractivity contribution in [3.8, 4) is 0 Å². The average molecular weight is 736 g/mol. The molecule has 8 heteroatoms. The number of hydrogen-bond donors (Lipinski definition) is 3. The first-order chi connectivity index (χ1) is 25.3. The van der Waals surface area contributed by atoms with Gasteiger partial charge in [0.15, 0.2) is 0 Å². The summed E-state index contributed by atoms with van der Waals surface area (Å²) in [6.45, 7) is 17.2. The zero-order valence-corrected chi connectivity index (χ0v) is 33.0. The molecule has 3 saturated carbocycles. The van der Waals surface area contributed by atoms with Crippen LogP contribution in [0.5, 0.6) is 0 Å². The lowest BCUT2D eigenvalue weighted by Crippen LogP contribution is -2.63. The Morgan fingerprint density at radius 1 is 0.741 bits per heavy atom. The maximum absolute atomic E-state index is 13.5. The summed E-state index contributed by atoms with van der Waals surface area (Å²) in [4.78, 5) is 50.5. The Bertz CT molecular complexity index is 1980. The van der Waals surface area contributed by atoms with Gasteiger partial charge in [0.25, 0.3) is 5.91 Å². The van der Waals surface area contributed by atoms with Gasteiger partial charge in [-0.2, -0.15) is 0 Å². The third kappa shape index (κ3) is 5.76. The first-order valence-electron chi connectivity index (χ1n) is 19.9. The highest BCUT2D eigenvalue weighted by molar-refractivity contribution is 6.05. The van der Waals surface area contributed by atoms with Crippen LogP contribution in [0.25, 0.3) is 0 Å². The van der Waals surface area contributed by atoms with E-state index in [0.29, 0.717) is 18.4 Å².